The molecule has 0 spiro atoms. The van der Waals surface area contributed by atoms with E-state index in [4.69, 9.17) is 28.8 Å². The average Bonchev–Trinajstić information content (AvgIpc) is 2.94. The first-order valence-electron chi connectivity index (χ1n) is 10.9. The van der Waals surface area contributed by atoms with E-state index in [2.05, 4.69) is 4.98 Å². The number of esters is 1. The van der Waals surface area contributed by atoms with Crippen LogP contribution < -0.4 is 17.0 Å². The number of H-pyrrole nitrogens is 1. The molecule has 1 unspecified atom stereocenters. The SMILES string of the molecule is CC(C)OC(=O)C(CCO[P@]1(=O)OC[C@H]2O[C@@H](n3ccc(=O)[nH]c3=O)[C@](C)(N)[C@@H]2O1)C(C)C. The summed E-state index contributed by atoms with van der Waals surface area (Å²) in [6.07, 6.45) is -1.32. The molecular weight excluding hydrogens is 457 g/mol. The molecule has 2 saturated heterocycles. The van der Waals surface area contributed by atoms with Crippen molar-refractivity contribution >= 4 is 13.8 Å². The van der Waals surface area contributed by atoms with Crippen LogP contribution in [-0.2, 0) is 32.4 Å². The number of phosphoric acid groups is 1. The van der Waals surface area contributed by atoms with Crippen molar-refractivity contribution in [3.05, 3.63) is 33.1 Å². The molecule has 0 aliphatic carbocycles. The van der Waals surface area contributed by atoms with Crippen LogP contribution in [-0.4, -0.2) is 52.6 Å². The van der Waals surface area contributed by atoms with Crippen molar-refractivity contribution in [2.24, 2.45) is 17.6 Å². The molecule has 2 aliphatic heterocycles. The van der Waals surface area contributed by atoms with E-state index in [0.29, 0.717) is 0 Å². The Labute approximate surface area is 191 Å². The Morgan fingerprint density at radius 3 is 2.67 bits per heavy atom. The molecule has 13 heteroatoms. The lowest BCUT2D eigenvalue weighted by Crippen LogP contribution is -2.55. The van der Waals surface area contributed by atoms with Crippen LogP contribution >= 0.6 is 7.82 Å². The van der Waals surface area contributed by atoms with E-state index >= 15 is 0 Å². The van der Waals surface area contributed by atoms with E-state index in [0.717, 1.165) is 4.57 Å². The summed E-state index contributed by atoms with van der Waals surface area (Å²) >= 11 is 0. The molecule has 1 aromatic rings. The molecule has 0 amide bonds. The van der Waals surface area contributed by atoms with Gasteiger partial charge in [0.1, 0.15) is 12.2 Å². The first-order valence-corrected chi connectivity index (χ1v) is 12.3. The van der Waals surface area contributed by atoms with Crippen LogP contribution in [0.3, 0.4) is 0 Å². The van der Waals surface area contributed by atoms with Gasteiger partial charge in [0.2, 0.25) is 0 Å². The van der Waals surface area contributed by atoms with Gasteiger partial charge in [-0.25, -0.2) is 9.36 Å². The number of nitrogens with one attached hydrogen (secondary N) is 1. The van der Waals surface area contributed by atoms with Gasteiger partial charge < -0.3 is 15.2 Å². The Bertz CT molecular complexity index is 1020. The zero-order valence-corrected chi connectivity index (χ0v) is 20.3. The fourth-order valence-corrected chi connectivity index (χ4v) is 5.44. The van der Waals surface area contributed by atoms with Crippen molar-refractivity contribution in [3.63, 3.8) is 0 Å². The van der Waals surface area contributed by atoms with E-state index in [1.807, 2.05) is 13.8 Å². The number of carbonyl (C=O) groups is 1. The Morgan fingerprint density at radius 1 is 1.36 bits per heavy atom. The van der Waals surface area contributed by atoms with Crippen molar-refractivity contribution in [2.45, 2.75) is 71.1 Å². The van der Waals surface area contributed by atoms with Gasteiger partial charge in [-0.2, -0.15) is 0 Å². The Kier molecular flexibility index (Phi) is 7.67. The summed E-state index contributed by atoms with van der Waals surface area (Å²) in [6.45, 7) is 8.72. The predicted molar refractivity (Wildman–Crippen MR) is 116 cm³/mol. The molecule has 12 nitrogen and oxygen atoms in total. The second-order valence-electron chi connectivity index (χ2n) is 9.14. The third-order valence-electron chi connectivity index (χ3n) is 5.67. The maximum atomic E-state index is 13.1. The highest BCUT2D eigenvalue weighted by molar-refractivity contribution is 7.48. The molecule has 0 radical (unpaired) electrons. The molecule has 186 valence electrons. The molecule has 2 fully saturated rings. The number of aromatic amines is 1. The van der Waals surface area contributed by atoms with Gasteiger partial charge in [0, 0.05) is 12.3 Å². The highest BCUT2D eigenvalue weighted by Gasteiger charge is 2.59. The number of fused-ring (bicyclic) bond motifs is 1. The molecule has 3 rings (SSSR count). The first kappa shape index (κ1) is 25.8. The van der Waals surface area contributed by atoms with Gasteiger partial charge in [0.05, 0.1) is 30.8 Å². The molecular formula is C20H32N3O9P. The summed E-state index contributed by atoms with van der Waals surface area (Å²) in [5, 5.41) is 0. The average molecular weight is 489 g/mol. The number of ether oxygens (including phenoxy) is 2. The third-order valence-corrected chi connectivity index (χ3v) is 7.12. The van der Waals surface area contributed by atoms with Gasteiger partial charge in [0.15, 0.2) is 6.23 Å². The fourth-order valence-electron chi connectivity index (χ4n) is 3.95. The minimum absolute atomic E-state index is 0.00897. The standard InChI is InChI=1S/C20H32N3O9P/c1-11(2)13(17(25)30-12(3)4)7-9-28-33(27)29-10-14-16(32-33)20(5,21)18(31-14)23-8-6-15(24)22-19(23)26/h6,8,11-14,16,18H,7,9-10,21H2,1-5H3,(H,22,24,26)/t13?,14-,16-,18-,20-,33-/m1/s1. The number of hydrogen-bond donors (Lipinski definition) is 2. The fraction of sp³-hybridized carbons (Fsp3) is 0.750. The molecule has 2 aliphatic rings. The molecule has 1 aromatic heterocycles. The summed E-state index contributed by atoms with van der Waals surface area (Å²) in [6, 6.07) is 1.17. The van der Waals surface area contributed by atoms with Crippen LogP contribution in [0, 0.1) is 11.8 Å². The van der Waals surface area contributed by atoms with Crippen molar-refractivity contribution in [1.29, 1.82) is 0 Å². The van der Waals surface area contributed by atoms with Gasteiger partial charge in [-0.1, -0.05) is 13.8 Å². The van der Waals surface area contributed by atoms with Crippen molar-refractivity contribution in [1.82, 2.24) is 9.55 Å². The molecule has 33 heavy (non-hydrogen) atoms. The van der Waals surface area contributed by atoms with Gasteiger partial charge in [0.25, 0.3) is 5.56 Å². The highest BCUT2D eigenvalue weighted by Crippen LogP contribution is 2.58. The smallest absolute Gasteiger partial charge is 0.463 e. The van der Waals surface area contributed by atoms with E-state index in [1.54, 1.807) is 20.8 Å². The van der Waals surface area contributed by atoms with Crippen molar-refractivity contribution in [2.75, 3.05) is 13.2 Å². The van der Waals surface area contributed by atoms with Crippen LogP contribution in [0.5, 0.6) is 0 Å². The van der Waals surface area contributed by atoms with Crippen LogP contribution in [0.4, 0.5) is 0 Å². The summed E-state index contributed by atoms with van der Waals surface area (Å²) in [7, 11) is -4.00. The summed E-state index contributed by atoms with van der Waals surface area (Å²) in [5.41, 5.74) is 3.90. The predicted octanol–water partition coefficient (Wildman–Crippen LogP) is 1.31. The minimum atomic E-state index is -4.00. The third kappa shape index (κ3) is 5.64. The zero-order chi connectivity index (χ0) is 24.6. The van der Waals surface area contributed by atoms with Crippen LogP contribution in [0.1, 0.15) is 47.3 Å². The lowest BCUT2D eigenvalue weighted by molar-refractivity contribution is -0.154. The van der Waals surface area contributed by atoms with Crippen molar-refractivity contribution < 1.29 is 32.4 Å². The minimum Gasteiger partial charge on any atom is -0.463 e. The summed E-state index contributed by atoms with van der Waals surface area (Å²) in [4.78, 5) is 38.0. The normalized spacial score (nSPS) is 32.7. The maximum Gasteiger partial charge on any atom is 0.475 e. The maximum absolute atomic E-state index is 13.1. The summed E-state index contributed by atoms with van der Waals surface area (Å²) < 4.78 is 41.8. The monoisotopic (exact) mass is 489 g/mol. The second kappa shape index (κ2) is 9.81. The number of carbonyl (C=O) groups excluding carboxylic acids is 1. The number of nitrogens with two attached hydrogens (primary N) is 1. The Hall–Kier alpha value is -1.82. The van der Waals surface area contributed by atoms with Crippen LogP contribution in [0.2, 0.25) is 0 Å². The van der Waals surface area contributed by atoms with Gasteiger partial charge in [-0.3, -0.25) is 32.7 Å². The molecule has 6 atom stereocenters. The van der Waals surface area contributed by atoms with E-state index < -0.39 is 49.0 Å². The van der Waals surface area contributed by atoms with Gasteiger partial charge in [-0.15, -0.1) is 0 Å². The number of rotatable bonds is 8. The largest absolute Gasteiger partial charge is 0.475 e. The van der Waals surface area contributed by atoms with Crippen LogP contribution in [0.15, 0.2) is 21.9 Å². The Morgan fingerprint density at radius 2 is 2.06 bits per heavy atom. The number of nitrogens with zero attached hydrogens (tertiary/aromatic N) is 1. The van der Waals surface area contributed by atoms with Crippen molar-refractivity contribution in [3.8, 4) is 0 Å². The number of hydrogen-bond acceptors (Lipinski definition) is 10. The topological polar surface area (TPSA) is 161 Å². The lowest BCUT2D eigenvalue weighted by Gasteiger charge is -2.36. The quantitative estimate of drug-likeness (QED) is 0.402. The molecule has 0 aromatic carbocycles. The first-order chi connectivity index (χ1) is 15.3. The highest BCUT2D eigenvalue weighted by atomic mass is 31.2. The number of aromatic nitrogens is 2. The molecule has 0 saturated carbocycles. The van der Waals surface area contributed by atoms with E-state index in [9.17, 15) is 18.9 Å². The lowest BCUT2D eigenvalue weighted by atomic mass is 9.93. The zero-order valence-electron chi connectivity index (χ0n) is 19.4. The summed E-state index contributed by atoms with van der Waals surface area (Å²) in [5.74, 6) is -0.798. The van der Waals surface area contributed by atoms with E-state index in [1.165, 1.54) is 12.3 Å². The Balaban J connectivity index is 1.67. The molecule has 3 N–H and O–H groups in total. The van der Waals surface area contributed by atoms with E-state index in [-0.39, 0.29) is 37.6 Å². The second-order valence-corrected chi connectivity index (χ2v) is 10.8. The van der Waals surface area contributed by atoms with Gasteiger partial charge in [-0.05, 0) is 33.1 Å². The van der Waals surface area contributed by atoms with Gasteiger partial charge >= 0.3 is 19.5 Å². The van der Waals surface area contributed by atoms with Crippen LogP contribution in [0.25, 0.3) is 0 Å². The molecule has 0 bridgehead atoms. The number of phosphoric ester groups is 1. The molecule has 3 heterocycles.